The standard InChI is InChI=1S/C23H16NO.C5H8O2.Ir/c1-14-15(2)25-23-17(14)11-12-24-22(23)21-13-16-7-3-4-8-18(16)19-9-5-6-10-20(19)21;1-4(6)3-5(2)7;/h3-12H,1-2H3;3,6H,1-2H3;/q-1;;/b;4-3-;. The van der Waals surface area contributed by atoms with Gasteiger partial charge in [-0.05, 0) is 39.3 Å². The first-order valence-electron chi connectivity index (χ1n) is 10.4. The van der Waals surface area contributed by atoms with Gasteiger partial charge in [-0.1, -0.05) is 64.2 Å². The number of carbonyl (C=O) groups is 1. The fourth-order valence-corrected chi connectivity index (χ4v) is 3.89. The Labute approximate surface area is 206 Å². The van der Waals surface area contributed by atoms with Crippen molar-refractivity contribution in [2.24, 2.45) is 0 Å². The molecule has 0 aliphatic heterocycles. The van der Waals surface area contributed by atoms with Crippen LogP contribution in [0.2, 0.25) is 0 Å². The van der Waals surface area contributed by atoms with Gasteiger partial charge in [0.05, 0.1) is 5.76 Å². The predicted octanol–water partition coefficient (Wildman–Crippen LogP) is 7.25. The van der Waals surface area contributed by atoms with Crippen molar-refractivity contribution in [3.05, 3.63) is 90.0 Å². The van der Waals surface area contributed by atoms with Gasteiger partial charge in [-0.25, -0.2) is 0 Å². The van der Waals surface area contributed by atoms with Crippen LogP contribution in [-0.4, -0.2) is 15.9 Å². The Bertz CT molecular complexity index is 1490. The van der Waals surface area contributed by atoms with Crippen molar-refractivity contribution in [3.8, 4) is 11.3 Å². The van der Waals surface area contributed by atoms with Crippen LogP contribution in [0.5, 0.6) is 0 Å². The molecular weight excluding hydrogens is 591 g/mol. The number of aliphatic hydroxyl groups excluding tert-OH is 1. The predicted molar refractivity (Wildman–Crippen MR) is 130 cm³/mol. The zero-order valence-corrected chi connectivity index (χ0v) is 21.3. The quantitative estimate of drug-likeness (QED) is 0.0985. The van der Waals surface area contributed by atoms with E-state index in [0.29, 0.717) is 0 Å². The number of aliphatic hydroxyl groups is 1. The fraction of sp³-hybridized carbons (Fsp3) is 0.143. The number of aromatic nitrogens is 1. The first kappa shape index (κ1) is 24.4. The number of allylic oxidation sites excluding steroid dienone is 2. The van der Waals surface area contributed by atoms with E-state index in [-0.39, 0.29) is 31.6 Å². The van der Waals surface area contributed by atoms with Crippen molar-refractivity contribution in [2.45, 2.75) is 27.7 Å². The second kappa shape index (κ2) is 10.1. The summed E-state index contributed by atoms with van der Waals surface area (Å²) in [6.45, 7) is 6.94. The van der Waals surface area contributed by atoms with Crippen LogP contribution in [0, 0.1) is 19.9 Å². The van der Waals surface area contributed by atoms with Crippen molar-refractivity contribution in [1.82, 2.24) is 4.98 Å². The van der Waals surface area contributed by atoms with E-state index in [9.17, 15) is 4.79 Å². The third-order valence-electron chi connectivity index (χ3n) is 5.41. The van der Waals surface area contributed by atoms with E-state index in [1.165, 1.54) is 36.3 Å². The van der Waals surface area contributed by atoms with Crippen LogP contribution in [0.1, 0.15) is 25.2 Å². The summed E-state index contributed by atoms with van der Waals surface area (Å²) in [5, 5.41) is 14.1. The van der Waals surface area contributed by atoms with Crippen LogP contribution in [0.4, 0.5) is 0 Å². The van der Waals surface area contributed by atoms with Crippen LogP contribution in [0.25, 0.3) is 43.8 Å². The van der Waals surface area contributed by atoms with E-state index in [1.807, 2.05) is 25.3 Å². The molecule has 5 rings (SSSR count). The molecule has 0 bridgehead atoms. The molecule has 169 valence electrons. The Kier molecular flexibility index (Phi) is 7.47. The summed E-state index contributed by atoms with van der Waals surface area (Å²) < 4.78 is 6.06. The Morgan fingerprint density at radius 2 is 1.58 bits per heavy atom. The number of hydrogen-bond acceptors (Lipinski definition) is 4. The Balaban J connectivity index is 0.000000337. The van der Waals surface area contributed by atoms with Crippen LogP contribution >= 0.6 is 0 Å². The number of benzene rings is 3. The minimum absolute atomic E-state index is 0. The molecule has 0 atom stereocenters. The maximum Gasteiger partial charge on any atom is 0.155 e. The summed E-state index contributed by atoms with van der Waals surface area (Å²) in [5.41, 5.74) is 3.86. The maximum absolute atomic E-state index is 10.0. The monoisotopic (exact) mass is 615 g/mol. The number of ketones is 1. The van der Waals surface area contributed by atoms with Crippen LogP contribution in [0.3, 0.4) is 0 Å². The molecule has 2 aromatic heterocycles. The molecule has 0 fully saturated rings. The molecule has 4 nitrogen and oxygen atoms in total. The molecule has 5 heteroatoms. The first-order valence-corrected chi connectivity index (χ1v) is 10.4. The van der Waals surface area contributed by atoms with Gasteiger partial charge in [0, 0.05) is 43.5 Å². The number of aryl methyl sites for hydroxylation is 2. The molecule has 5 aromatic rings. The summed E-state index contributed by atoms with van der Waals surface area (Å²) >= 11 is 0. The molecular formula is C28H24IrNO3-. The number of nitrogens with zero attached hydrogens (tertiary/aromatic N) is 1. The van der Waals surface area contributed by atoms with Gasteiger partial charge >= 0.3 is 0 Å². The summed E-state index contributed by atoms with van der Waals surface area (Å²) in [4.78, 5) is 14.7. The van der Waals surface area contributed by atoms with Gasteiger partial charge < -0.3 is 9.52 Å². The molecule has 1 N–H and O–H groups in total. The summed E-state index contributed by atoms with van der Waals surface area (Å²) in [5.74, 6) is 0.877. The fourth-order valence-electron chi connectivity index (χ4n) is 3.89. The minimum atomic E-state index is -0.125. The summed E-state index contributed by atoms with van der Waals surface area (Å²) in [6, 6.07) is 22.4. The van der Waals surface area contributed by atoms with E-state index in [4.69, 9.17) is 9.52 Å². The number of fused-ring (bicyclic) bond motifs is 4. The first-order chi connectivity index (χ1) is 15.4. The van der Waals surface area contributed by atoms with Gasteiger partial charge in [-0.2, -0.15) is 0 Å². The molecule has 0 saturated carbocycles. The molecule has 0 amide bonds. The number of furan rings is 1. The third-order valence-corrected chi connectivity index (χ3v) is 5.41. The van der Waals surface area contributed by atoms with E-state index < -0.39 is 0 Å². The van der Waals surface area contributed by atoms with Gasteiger partial charge in [0.25, 0.3) is 0 Å². The largest absolute Gasteiger partial charge is 0.512 e. The molecule has 0 spiro atoms. The molecule has 1 radical (unpaired) electrons. The number of pyridine rings is 1. The van der Waals surface area contributed by atoms with Gasteiger partial charge in [0.1, 0.15) is 11.3 Å². The van der Waals surface area contributed by atoms with Crippen LogP contribution in [0.15, 0.2) is 77.0 Å². The average molecular weight is 615 g/mol. The zero-order chi connectivity index (χ0) is 22.8. The molecule has 0 saturated heterocycles. The zero-order valence-electron chi connectivity index (χ0n) is 18.9. The Morgan fingerprint density at radius 3 is 2.21 bits per heavy atom. The van der Waals surface area contributed by atoms with Crippen molar-refractivity contribution < 1.29 is 34.4 Å². The van der Waals surface area contributed by atoms with Crippen molar-refractivity contribution in [1.29, 1.82) is 0 Å². The van der Waals surface area contributed by atoms with E-state index >= 15 is 0 Å². The van der Waals surface area contributed by atoms with E-state index in [1.54, 1.807) is 0 Å². The van der Waals surface area contributed by atoms with Gasteiger partial charge in [-0.3, -0.25) is 9.78 Å². The van der Waals surface area contributed by atoms with Gasteiger partial charge in [0.15, 0.2) is 5.78 Å². The molecule has 0 unspecified atom stereocenters. The van der Waals surface area contributed by atoms with Crippen LogP contribution < -0.4 is 0 Å². The second-order valence-electron chi connectivity index (χ2n) is 7.81. The van der Waals surface area contributed by atoms with Crippen molar-refractivity contribution >= 4 is 38.3 Å². The summed E-state index contributed by atoms with van der Waals surface area (Å²) in [6.07, 6.45) is 3.03. The molecule has 0 aliphatic carbocycles. The smallest absolute Gasteiger partial charge is 0.155 e. The third kappa shape index (κ3) is 4.90. The Hall–Kier alpha value is -3.27. The maximum atomic E-state index is 10.0. The van der Waals surface area contributed by atoms with E-state index in [2.05, 4.69) is 60.4 Å². The van der Waals surface area contributed by atoms with Crippen molar-refractivity contribution in [3.63, 3.8) is 0 Å². The van der Waals surface area contributed by atoms with Crippen molar-refractivity contribution in [2.75, 3.05) is 0 Å². The topological polar surface area (TPSA) is 63.3 Å². The number of carbonyl (C=O) groups excluding carboxylic acids is 1. The molecule has 33 heavy (non-hydrogen) atoms. The van der Waals surface area contributed by atoms with Gasteiger partial charge in [0.2, 0.25) is 0 Å². The molecule has 2 heterocycles. The Morgan fingerprint density at radius 1 is 0.939 bits per heavy atom. The minimum Gasteiger partial charge on any atom is -0.512 e. The molecule has 0 aliphatic rings. The van der Waals surface area contributed by atoms with E-state index in [0.717, 1.165) is 38.8 Å². The van der Waals surface area contributed by atoms with Gasteiger partial charge in [-0.15, -0.1) is 17.5 Å². The number of rotatable bonds is 2. The SMILES string of the molecule is CC(=O)/C=C(/C)O.Cc1oc2c(-c3[c-]c4ccccc4c4ccccc34)nccc2c1C.[Ir]. The normalized spacial score (nSPS) is 11.2. The average Bonchev–Trinajstić information content (AvgIpc) is 3.06. The number of hydrogen-bond donors (Lipinski definition) is 1. The van der Waals surface area contributed by atoms with Crippen LogP contribution in [-0.2, 0) is 24.9 Å². The molecule has 3 aromatic carbocycles. The summed E-state index contributed by atoms with van der Waals surface area (Å²) in [7, 11) is 0. The second-order valence-corrected chi connectivity index (χ2v) is 7.81.